The van der Waals surface area contributed by atoms with Gasteiger partial charge in [-0.1, -0.05) is 29.8 Å². The number of aliphatic carboxylic acids is 1. The van der Waals surface area contributed by atoms with E-state index < -0.39 is 17.7 Å². The van der Waals surface area contributed by atoms with Gasteiger partial charge in [0.1, 0.15) is 5.01 Å². The standard InChI is InChI=1S/C28H27ClN4O3S/c1-14-12-19-24(37-26(31-19)16-8-11-18-20(13-16)33(5)32-25(18)30)22(15-6-9-17(29)10-7-15)21(14)23(27(34)35)36-28(2,3)4/h6-13,23H,1-5H3,(H2,30,32)(H,34,35)/t23-/m0/s1. The Morgan fingerprint density at radius 2 is 1.81 bits per heavy atom. The first-order chi connectivity index (χ1) is 17.4. The van der Waals surface area contributed by atoms with Crippen LogP contribution >= 0.6 is 22.9 Å². The van der Waals surface area contributed by atoms with Gasteiger partial charge in [-0.2, -0.15) is 5.10 Å². The van der Waals surface area contributed by atoms with Gasteiger partial charge in [0.25, 0.3) is 0 Å². The van der Waals surface area contributed by atoms with E-state index >= 15 is 0 Å². The second kappa shape index (κ2) is 9.13. The first kappa shape index (κ1) is 25.2. The van der Waals surface area contributed by atoms with Crippen molar-refractivity contribution in [3.8, 4) is 21.7 Å². The Bertz CT molecular complexity index is 1670. The zero-order chi connectivity index (χ0) is 26.6. The number of hydrogen-bond acceptors (Lipinski definition) is 6. The Morgan fingerprint density at radius 1 is 1.14 bits per heavy atom. The van der Waals surface area contributed by atoms with Crippen molar-refractivity contribution >= 4 is 55.8 Å². The summed E-state index contributed by atoms with van der Waals surface area (Å²) in [6.45, 7) is 7.46. The molecule has 190 valence electrons. The molecule has 2 aromatic heterocycles. The highest BCUT2D eigenvalue weighted by Gasteiger charge is 2.32. The summed E-state index contributed by atoms with van der Waals surface area (Å²) in [5.74, 6) is -0.561. The summed E-state index contributed by atoms with van der Waals surface area (Å²) in [5, 5.41) is 16.8. The van der Waals surface area contributed by atoms with Gasteiger partial charge in [0.15, 0.2) is 11.9 Å². The molecule has 9 heteroatoms. The molecule has 0 fully saturated rings. The normalized spacial score (nSPS) is 12.9. The first-order valence-corrected chi connectivity index (χ1v) is 13.0. The summed E-state index contributed by atoms with van der Waals surface area (Å²) in [5.41, 5.74) is 11.0. The maximum Gasteiger partial charge on any atom is 0.337 e. The molecule has 0 saturated carbocycles. The molecular weight excluding hydrogens is 508 g/mol. The lowest BCUT2D eigenvalue weighted by atomic mass is 9.91. The topological polar surface area (TPSA) is 103 Å². The van der Waals surface area contributed by atoms with E-state index in [0.29, 0.717) is 16.4 Å². The predicted octanol–water partition coefficient (Wildman–Crippen LogP) is 7.00. The van der Waals surface area contributed by atoms with Crippen molar-refractivity contribution in [2.24, 2.45) is 7.05 Å². The van der Waals surface area contributed by atoms with Gasteiger partial charge in [-0.25, -0.2) is 9.78 Å². The summed E-state index contributed by atoms with van der Waals surface area (Å²) in [6, 6.07) is 15.3. The number of rotatable bonds is 5. The maximum atomic E-state index is 12.5. The van der Waals surface area contributed by atoms with E-state index in [2.05, 4.69) is 5.10 Å². The average molecular weight is 535 g/mol. The SMILES string of the molecule is Cc1cc2nc(-c3ccc4c(N)nn(C)c4c3)sc2c(-c2ccc(Cl)cc2)c1[C@H](OC(C)(C)C)C(=O)O. The molecule has 2 heterocycles. The van der Waals surface area contributed by atoms with E-state index in [9.17, 15) is 9.90 Å². The quantitative estimate of drug-likeness (QED) is 0.251. The number of benzene rings is 3. The number of carbonyl (C=O) groups is 1. The third-order valence-electron chi connectivity index (χ3n) is 6.15. The molecule has 0 radical (unpaired) electrons. The van der Waals surface area contributed by atoms with Crippen LogP contribution in [0.2, 0.25) is 5.02 Å². The number of halogens is 1. The molecule has 0 saturated heterocycles. The van der Waals surface area contributed by atoms with Gasteiger partial charge in [0.05, 0.1) is 21.3 Å². The number of carboxylic acids is 1. The van der Waals surface area contributed by atoms with Crippen LogP contribution < -0.4 is 5.73 Å². The summed E-state index contributed by atoms with van der Waals surface area (Å²) in [7, 11) is 1.86. The highest BCUT2D eigenvalue weighted by Crippen LogP contribution is 2.44. The summed E-state index contributed by atoms with van der Waals surface area (Å²) < 4.78 is 8.73. The summed E-state index contributed by atoms with van der Waals surface area (Å²) in [4.78, 5) is 17.5. The molecule has 0 bridgehead atoms. The van der Waals surface area contributed by atoms with Crippen molar-refractivity contribution in [2.75, 3.05) is 5.73 Å². The van der Waals surface area contributed by atoms with Crippen molar-refractivity contribution < 1.29 is 14.6 Å². The van der Waals surface area contributed by atoms with Crippen LogP contribution in [0.1, 0.15) is 38.0 Å². The highest BCUT2D eigenvalue weighted by molar-refractivity contribution is 7.22. The van der Waals surface area contributed by atoms with Crippen molar-refractivity contribution in [3.05, 3.63) is 64.7 Å². The number of nitrogens with zero attached hydrogens (tertiary/aromatic N) is 3. The maximum absolute atomic E-state index is 12.5. The van der Waals surface area contributed by atoms with Crippen molar-refractivity contribution in [1.29, 1.82) is 0 Å². The Balaban J connectivity index is 1.78. The molecule has 3 aromatic carbocycles. The Hall–Kier alpha value is -3.46. The van der Waals surface area contributed by atoms with Crippen molar-refractivity contribution in [3.63, 3.8) is 0 Å². The average Bonchev–Trinajstić information content (AvgIpc) is 3.37. The van der Waals surface area contributed by atoms with Crippen LogP contribution in [-0.4, -0.2) is 31.4 Å². The number of ether oxygens (including phenoxy) is 1. The van der Waals surface area contributed by atoms with Crippen molar-refractivity contribution in [1.82, 2.24) is 14.8 Å². The largest absolute Gasteiger partial charge is 0.479 e. The molecule has 5 rings (SSSR count). The van der Waals surface area contributed by atoms with Gasteiger partial charge < -0.3 is 15.6 Å². The number of aromatic nitrogens is 3. The molecule has 7 nitrogen and oxygen atoms in total. The number of thiazole rings is 1. The third-order valence-corrected chi connectivity index (χ3v) is 7.54. The van der Waals surface area contributed by atoms with Gasteiger partial charge >= 0.3 is 5.97 Å². The number of carboxylic acid groups (broad SMARTS) is 1. The molecule has 0 spiro atoms. The second-order valence-corrected chi connectivity index (χ2v) is 11.5. The fourth-order valence-electron chi connectivity index (χ4n) is 4.58. The molecule has 37 heavy (non-hydrogen) atoms. The lowest BCUT2D eigenvalue weighted by Crippen LogP contribution is -2.28. The van der Waals surface area contributed by atoms with Gasteiger partial charge in [0, 0.05) is 34.1 Å². The molecule has 3 N–H and O–H groups in total. The molecule has 0 unspecified atom stereocenters. The van der Waals surface area contributed by atoms with Crippen LogP contribution in [0, 0.1) is 6.92 Å². The Kier molecular flexibility index (Phi) is 6.22. The minimum atomic E-state index is -1.16. The van der Waals surface area contributed by atoms with Crippen LogP contribution in [-0.2, 0) is 16.6 Å². The van der Waals surface area contributed by atoms with Crippen LogP contribution in [0.5, 0.6) is 0 Å². The highest BCUT2D eigenvalue weighted by atomic mass is 35.5. The number of aryl methyl sites for hydroxylation is 2. The van der Waals surface area contributed by atoms with Gasteiger partial charge in [-0.05, 0) is 69.2 Å². The molecular formula is C28H27ClN4O3S. The zero-order valence-corrected chi connectivity index (χ0v) is 22.7. The van der Waals surface area contributed by atoms with E-state index in [1.807, 2.05) is 71.1 Å². The predicted molar refractivity (Wildman–Crippen MR) is 150 cm³/mol. The Morgan fingerprint density at radius 3 is 2.46 bits per heavy atom. The minimum Gasteiger partial charge on any atom is -0.479 e. The smallest absolute Gasteiger partial charge is 0.337 e. The molecule has 0 aliphatic carbocycles. The minimum absolute atomic E-state index is 0.484. The number of hydrogen-bond donors (Lipinski definition) is 2. The zero-order valence-electron chi connectivity index (χ0n) is 21.2. The first-order valence-electron chi connectivity index (χ1n) is 11.8. The van der Waals surface area contributed by atoms with Gasteiger partial charge in [-0.15, -0.1) is 11.3 Å². The van der Waals surface area contributed by atoms with E-state index in [4.69, 9.17) is 27.1 Å². The molecule has 0 aliphatic rings. The summed E-state index contributed by atoms with van der Waals surface area (Å²) in [6.07, 6.45) is -1.16. The number of anilines is 1. The van der Waals surface area contributed by atoms with E-state index in [1.165, 1.54) is 11.3 Å². The van der Waals surface area contributed by atoms with Gasteiger partial charge in [0.2, 0.25) is 0 Å². The molecule has 0 amide bonds. The van der Waals surface area contributed by atoms with Crippen LogP contribution in [0.25, 0.3) is 42.8 Å². The number of fused-ring (bicyclic) bond motifs is 2. The fourth-order valence-corrected chi connectivity index (χ4v) is 5.83. The Labute approximate surface area is 223 Å². The summed E-state index contributed by atoms with van der Waals surface area (Å²) >= 11 is 7.70. The monoisotopic (exact) mass is 534 g/mol. The number of nitrogens with two attached hydrogens (primary N) is 1. The van der Waals surface area contributed by atoms with Crippen LogP contribution in [0.3, 0.4) is 0 Å². The van der Waals surface area contributed by atoms with E-state index in [0.717, 1.165) is 48.4 Å². The lowest BCUT2D eigenvalue weighted by molar-refractivity contribution is -0.160. The third kappa shape index (κ3) is 4.68. The second-order valence-electron chi connectivity index (χ2n) is 10.0. The van der Waals surface area contributed by atoms with Crippen molar-refractivity contribution in [2.45, 2.75) is 39.4 Å². The lowest BCUT2D eigenvalue weighted by Gasteiger charge is -2.28. The van der Waals surface area contributed by atoms with Gasteiger partial charge in [-0.3, -0.25) is 4.68 Å². The van der Waals surface area contributed by atoms with Crippen LogP contribution in [0.15, 0.2) is 48.5 Å². The molecule has 0 aliphatic heterocycles. The molecule has 1 atom stereocenters. The van der Waals surface area contributed by atoms with E-state index in [-0.39, 0.29) is 0 Å². The fraction of sp³-hybridized carbons (Fsp3) is 0.250. The number of nitrogen functional groups attached to an aromatic ring is 1. The molecule has 5 aromatic rings. The van der Waals surface area contributed by atoms with Crippen LogP contribution in [0.4, 0.5) is 5.82 Å². The van der Waals surface area contributed by atoms with E-state index in [1.54, 1.807) is 16.8 Å².